The van der Waals surface area contributed by atoms with Crippen molar-refractivity contribution in [3.8, 4) is 0 Å². The van der Waals surface area contributed by atoms with Crippen LogP contribution < -0.4 is 5.32 Å². The van der Waals surface area contributed by atoms with E-state index in [0.717, 1.165) is 41.1 Å². The number of carbonyl (C=O) groups is 1. The van der Waals surface area contributed by atoms with Crippen molar-refractivity contribution in [3.63, 3.8) is 0 Å². The topological polar surface area (TPSA) is 88.1 Å². The average Bonchev–Trinajstić information content (AvgIpc) is 3.34. The van der Waals surface area contributed by atoms with Crippen LogP contribution in [0.15, 0.2) is 36.8 Å². The van der Waals surface area contributed by atoms with E-state index in [-0.39, 0.29) is 6.09 Å². The van der Waals surface area contributed by atoms with Gasteiger partial charge in [0.25, 0.3) is 0 Å². The average molecular weight is 409 g/mol. The Morgan fingerprint density at radius 3 is 2.87 bits per heavy atom. The third-order valence-electron chi connectivity index (χ3n) is 4.97. The van der Waals surface area contributed by atoms with Crippen molar-refractivity contribution in [2.45, 2.75) is 46.3 Å². The monoisotopic (exact) mass is 408 g/mol. The lowest BCUT2D eigenvalue weighted by molar-refractivity contribution is 0.0270. The summed E-state index contributed by atoms with van der Waals surface area (Å²) in [5, 5.41) is 8.76. The molecule has 30 heavy (non-hydrogen) atoms. The predicted octanol–water partition coefficient (Wildman–Crippen LogP) is 4.55. The fourth-order valence-electron chi connectivity index (χ4n) is 3.47. The Hall–Kier alpha value is -3.29. The molecule has 3 aromatic heterocycles. The van der Waals surface area contributed by atoms with Crippen molar-refractivity contribution in [1.82, 2.24) is 24.6 Å². The number of aryl methyl sites for hydroxylation is 1. The highest BCUT2D eigenvalue weighted by molar-refractivity contribution is 5.94. The van der Waals surface area contributed by atoms with Crippen LogP contribution in [0, 0.1) is 0 Å². The van der Waals surface area contributed by atoms with Gasteiger partial charge >= 0.3 is 6.09 Å². The Kier molecular flexibility index (Phi) is 5.24. The summed E-state index contributed by atoms with van der Waals surface area (Å²) in [7, 11) is 0. The highest BCUT2D eigenvalue weighted by Crippen LogP contribution is 2.30. The highest BCUT2D eigenvalue weighted by Gasteiger charge is 2.24. The van der Waals surface area contributed by atoms with Crippen LogP contribution in [-0.4, -0.2) is 49.4 Å². The number of H-pyrrole nitrogens is 1. The standard InChI is InChI=1S/C22H28N6O2/c1-5-28-14-16(13-24-28)25-18-6-9-23-20-17(18)12-19(26-20)15-7-10-27(11-8-15)21(29)30-22(2,3)4/h6-7,9,12-14H,5,8,10-11H2,1-4H3,(H2,23,25,26). The van der Waals surface area contributed by atoms with Gasteiger partial charge in [-0.15, -0.1) is 0 Å². The van der Waals surface area contributed by atoms with Gasteiger partial charge in [0.05, 0.1) is 17.6 Å². The zero-order chi connectivity index (χ0) is 21.3. The van der Waals surface area contributed by atoms with Crippen LogP contribution in [0.1, 0.15) is 39.8 Å². The van der Waals surface area contributed by atoms with Gasteiger partial charge in [-0.05, 0) is 51.8 Å². The SMILES string of the molecule is CCn1cc(Nc2ccnc3[nH]c(C4=CCN(C(=O)OC(C)(C)C)CC4)cc23)cn1. The van der Waals surface area contributed by atoms with E-state index in [1.807, 2.05) is 43.9 Å². The third kappa shape index (κ3) is 4.32. The highest BCUT2D eigenvalue weighted by atomic mass is 16.6. The molecule has 0 atom stereocenters. The number of nitrogens with one attached hydrogen (secondary N) is 2. The third-order valence-corrected chi connectivity index (χ3v) is 4.97. The van der Waals surface area contributed by atoms with Crippen LogP contribution in [0.2, 0.25) is 0 Å². The molecule has 0 aromatic carbocycles. The molecular formula is C22H28N6O2. The Balaban J connectivity index is 1.52. The molecule has 0 radical (unpaired) electrons. The number of aromatic amines is 1. The number of fused-ring (bicyclic) bond motifs is 1. The molecule has 1 amide bonds. The number of ether oxygens (including phenoxy) is 1. The molecule has 0 bridgehead atoms. The quantitative estimate of drug-likeness (QED) is 0.661. The smallest absolute Gasteiger partial charge is 0.410 e. The number of aromatic nitrogens is 4. The molecule has 0 spiro atoms. The predicted molar refractivity (Wildman–Crippen MR) is 118 cm³/mol. The van der Waals surface area contributed by atoms with E-state index in [2.05, 4.69) is 39.4 Å². The minimum absolute atomic E-state index is 0.268. The van der Waals surface area contributed by atoms with E-state index < -0.39 is 5.60 Å². The Labute approximate surface area is 175 Å². The maximum absolute atomic E-state index is 12.3. The van der Waals surface area contributed by atoms with E-state index in [4.69, 9.17) is 4.74 Å². The molecule has 3 aromatic rings. The summed E-state index contributed by atoms with van der Waals surface area (Å²) in [6, 6.07) is 4.08. The summed E-state index contributed by atoms with van der Waals surface area (Å²) in [4.78, 5) is 21.9. The van der Waals surface area contributed by atoms with Gasteiger partial charge in [-0.25, -0.2) is 9.78 Å². The number of hydrogen-bond acceptors (Lipinski definition) is 5. The summed E-state index contributed by atoms with van der Waals surface area (Å²) >= 11 is 0. The second kappa shape index (κ2) is 7.85. The van der Waals surface area contributed by atoms with Gasteiger partial charge in [0.15, 0.2) is 0 Å². The lowest BCUT2D eigenvalue weighted by Crippen LogP contribution is -2.39. The first-order valence-electron chi connectivity index (χ1n) is 10.3. The van der Waals surface area contributed by atoms with Gasteiger partial charge in [-0.3, -0.25) is 4.68 Å². The fraction of sp³-hybridized carbons (Fsp3) is 0.409. The van der Waals surface area contributed by atoms with E-state index in [1.165, 1.54) is 5.57 Å². The summed E-state index contributed by atoms with van der Waals surface area (Å²) in [6.45, 7) is 9.70. The molecule has 4 heterocycles. The molecule has 0 aliphatic carbocycles. The van der Waals surface area contributed by atoms with E-state index in [9.17, 15) is 4.79 Å². The van der Waals surface area contributed by atoms with Gasteiger partial charge in [0.1, 0.15) is 11.2 Å². The van der Waals surface area contributed by atoms with Crippen molar-refractivity contribution >= 4 is 34.1 Å². The maximum Gasteiger partial charge on any atom is 0.410 e. The van der Waals surface area contributed by atoms with Crippen molar-refractivity contribution < 1.29 is 9.53 Å². The Morgan fingerprint density at radius 1 is 1.37 bits per heavy atom. The molecule has 8 nitrogen and oxygen atoms in total. The second-order valence-electron chi connectivity index (χ2n) is 8.42. The minimum atomic E-state index is -0.485. The molecule has 0 saturated carbocycles. The van der Waals surface area contributed by atoms with Gasteiger partial charge in [-0.2, -0.15) is 5.10 Å². The number of rotatable bonds is 4. The zero-order valence-electron chi connectivity index (χ0n) is 17.9. The molecule has 0 fully saturated rings. The summed E-state index contributed by atoms with van der Waals surface area (Å²) < 4.78 is 7.35. The first-order chi connectivity index (χ1) is 14.3. The van der Waals surface area contributed by atoms with Crippen LogP contribution >= 0.6 is 0 Å². The summed E-state index contributed by atoms with van der Waals surface area (Å²) in [5.74, 6) is 0. The van der Waals surface area contributed by atoms with E-state index in [0.29, 0.717) is 13.1 Å². The van der Waals surface area contributed by atoms with Crippen LogP contribution in [0.3, 0.4) is 0 Å². The van der Waals surface area contributed by atoms with E-state index in [1.54, 1.807) is 11.1 Å². The van der Waals surface area contributed by atoms with Gasteiger partial charge in [0.2, 0.25) is 0 Å². The van der Waals surface area contributed by atoms with Crippen LogP contribution in [-0.2, 0) is 11.3 Å². The van der Waals surface area contributed by atoms with Crippen molar-refractivity contribution in [2.24, 2.45) is 0 Å². The lowest BCUT2D eigenvalue weighted by Gasteiger charge is -2.29. The molecule has 1 aliphatic rings. The van der Waals surface area contributed by atoms with Crippen LogP contribution in [0.4, 0.5) is 16.2 Å². The Bertz CT molecular complexity index is 1090. The second-order valence-corrected chi connectivity index (χ2v) is 8.42. The van der Waals surface area contributed by atoms with E-state index >= 15 is 0 Å². The van der Waals surface area contributed by atoms with Gasteiger partial charge in [0, 0.05) is 43.1 Å². The number of pyridine rings is 1. The van der Waals surface area contributed by atoms with Crippen molar-refractivity contribution in [2.75, 3.05) is 18.4 Å². The van der Waals surface area contributed by atoms with Gasteiger partial charge in [-0.1, -0.05) is 6.08 Å². The van der Waals surface area contributed by atoms with Crippen molar-refractivity contribution in [1.29, 1.82) is 0 Å². The minimum Gasteiger partial charge on any atom is -0.444 e. The molecule has 8 heteroatoms. The number of hydrogen-bond donors (Lipinski definition) is 2. The summed E-state index contributed by atoms with van der Waals surface area (Å²) in [6.07, 6.45) is 8.16. The first kappa shape index (κ1) is 20.0. The molecule has 158 valence electrons. The number of amides is 1. The zero-order valence-corrected chi connectivity index (χ0v) is 17.9. The number of anilines is 2. The molecule has 2 N–H and O–H groups in total. The Morgan fingerprint density at radius 2 is 2.20 bits per heavy atom. The van der Waals surface area contributed by atoms with Crippen molar-refractivity contribution in [3.05, 3.63) is 42.5 Å². The number of nitrogens with zero attached hydrogens (tertiary/aromatic N) is 4. The fourth-order valence-corrected chi connectivity index (χ4v) is 3.47. The molecule has 1 aliphatic heterocycles. The molecular weight excluding hydrogens is 380 g/mol. The number of carbonyl (C=O) groups excluding carboxylic acids is 1. The van der Waals surface area contributed by atoms with Crippen LogP contribution in [0.25, 0.3) is 16.6 Å². The molecule has 0 unspecified atom stereocenters. The normalized spacial score (nSPS) is 14.7. The molecule has 0 saturated heterocycles. The van der Waals surface area contributed by atoms with Crippen LogP contribution in [0.5, 0.6) is 0 Å². The van der Waals surface area contributed by atoms with Gasteiger partial charge < -0.3 is 19.9 Å². The largest absolute Gasteiger partial charge is 0.444 e. The molecule has 4 rings (SSSR count). The summed E-state index contributed by atoms with van der Waals surface area (Å²) in [5.41, 5.74) is 4.47. The maximum atomic E-state index is 12.3. The first-order valence-corrected chi connectivity index (χ1v) is 10.3. The lowest BCUT2D eigenvalue weighted by atomic mass is 10.0.